The standard InChI is InChI=1S/C19H23N/c1-3-4-5-16-6-10-18(11-7-16)20-13-12-15(2)19(14-20)17-8-9-17/h6-7,10-14,17H,2-5,8-9H2,1H3. The van der Waals surface area contributed by atoms with Crippen LogP contribution in [0.2, 0.25) is 0 Å². The van der Waals surface area contributed by atoms with E-state index in [0.717, 1.165) is 5.92 Å². The molecule has 0 radical (unpaired) electrons. The van der Waals surface area contributed by atoms with E-state index in [1.54, 1.807) is 0 Å². The molecule has 0 N–H and O–H groups in total. The molecule has 104 valence electrons. The maximum atomic E-state index is 4.15. The maximum Gasteiger partial charge on any atom is 0.0449 e. The Morgan fingerprint density at radius 1 is 1.20 bits per heavy atom. The zero-order valence-corrected chi connectivity index (χ0v) is 12.3. The fourth-order valence-corrected chi connectivity index (χ4v) is 2.68. The molecule has 1 nitrogen and oxygen atoms in total. The topological polar surface area (TPSA) is 3.24 Å². The normalized spacial score (nSPS) is 18.4. The zero-order valence-electron chi connectivity index (χ0n) is 12.3. The highest BCUT2D eigenvalue weighted by molar-refractivity contribution is 5.59. The van der Waals surface area contributed by atoms with Gasteiger partial charge in [0.2, 0.25) is 0 Å². The third-order valence-corrected chi connectivity index (χ3v) is 4.16. The van der Waals surface area contributed by atoms with E-state index in [-0.39, 0.29) is 0 Å². The van der Waals surface area contributed by atoms with Gasteiger partial charge in [0.1, 0.15) is 0 Å². The highest BCUT2D eigenvalue weighted by Gasteiger charge is 2.28. The van der Waals surface area contributed by atoms with Crippen LogP contribution >= 0.6 is 0 Å². The molecule has 1 saturated carbocycles. The number of allylic oxidation sites excluding steroid dienone is 3. The highest BCUT2D eigenvalue weighted by atomic mass is 15.1. The van der Waals surface area contributed by atoms with Gasteiger partial charge in [0.15, 0.2) is 0 Å². The van der Waals surface area contributed by atoms with Crippen LogP contribution in [0.15, 0.2) is 60.5 Å². The average Bonchev–Trinajstić information content (AvgIpc) is 3.31. The van der Waals surface area contributed by atoms with E-state index >= 15 is 0 Å². The van der Waals surface area contributed by atoms with Gasteiger partial charge in [0, 0.05) is 18.1 Å². The van der Waals surface area contributed by atoms with Gasteiger partial charge in [-0.05, 0) is 66.5 Å². The summed E-state index contributed by atoms with van der Waals surface area (Å²) in [6.07, 6.45) is 12.9. The predicted molar refractivity (Wildman–Crippen MR) is 86.6 cm³/mol. The smallest absolute Gasteiger partial charge is 0.0449 e. The van der Waals surface area contributed by atoms with Crippen LogP contribution in [-0.2, 0) is 6.42 Å². The second-order valence-corrected chi connectivity index (χ2v) is 5.88. The lowest BCUT2D eigenvalue weighted by atomic mass is 10.0. The van der Waals surface area contributed by atoms with Crippen molar-refractivity contribution in [3.63, 3.8) is 0 Å². The molecule has 0 bridgehead atoms. The van der Waals surface area contributed by atoms with E-state index < -0.39 is 0 Å². The SMILES string of the molecule is C=C1C=CN(c2ccc(CCCC)cc2)C=C1C1CC1. The van der Waals surface area contributed by atoms with E-state index in [1.165, 1.54) is 54.5 Å². The molecule has 0 aromatic heterocycles. The molecule has 0 saturated heterocycles. The van der Waals surface area contributed by atoms with Gasteiger partial charge in [-0.2, -0.15) is 0 Å². The van der Waals surface area contributed by atoms with Gasteiger partial charge in [-0.25, -0.2) is 0 Å². The lowest BCUT2D eigenvalue weighted by Crippen LogP contribution is -2.13. The summed E-state index contributed by atoms with van der Waals surface area (Å²) in [5, 5.41) is 0. The molecule has 0 unspecified atom stereocenters. The molecule has 0 atom stereocenters. The summed E-state index contributed by atoms with van der Waals surface area (Å²) in [7, 11) is 0. The molecule has 2 aliphatic rings. The molecule has 20 heavy (non-hydrogen) atoms. The summed E-state index contributed by atoms with van der Waals surface area (Å²) < 4.78 is 0. The van der Waals surface area contributed by atoms with Gasteiger partial charge in [0.25, 0.3) is 0 Å². The van der Waals surface area contributed by atoms with E-state index in [9.17, 15) is 0 Å². The Morgan fingerprint density at radius 3 is 2.60 bits per heavy atom. The first-order valence-electron chi connectivity index (χ1n) is 7.74. The number of hydrogen-bond donors (Lipinski definition) is 0. The zero-order chi connectivity index (χ0) is 13.9. The molecule has 1 heteroatoms. The quantitative estimate of drug-likeness (QED) is 0.706. The summed E-state index contributed by atoms with van der Waals surface area (Å²) in [6, 6.07) is 8.97. The average molecular weight is 265 g/mol. The Morgan fingerprint density at radius 2 is 1.95 bits per heavy atom. The summed E-state index contributed by atoms with van der Waals surface area (Å²) in [5.74, 6) is 0.749. The van der Waals surface area contributed by atoms with Crippen molar-refractivity contribution in [2.45, 2.75) is 39.0 Å². The van der Waals surface area contributed by atoms with Gasteiger partial charge >= 0.3 is 0 Å². The molecule has 1 fully saturated rings. The second kappa shape index (κ2) is 5.70. The molecule has 1 aromatic rings. The molecular weight excluding hydrogens is 242 g/mol. The number of aryl methyl sites for hydroxylation is 1. The molecule has 1 heterocycles. The number of hydrogen-bond acceptors (Lipinski definition) is 1. The van der Waals surface area contributed by atoms with Crippen molar-refractivity contribution in [1.29, 1.82) is 0 Å². The highest BCUT2D eigenvalue weighted by Crippen LogP contribution is 2.41. The number of nitrogens with zero attached hydrogens (tertiary/aromatic N) is 1. The summed E-state index contributed by atoms with van der Waals surface area (Å²) in [6.45, 7) is 6.39. The van der Waals surface area contributed by atoms with Crippen LogP contribution in [0.4, 0.5) is 5.69 Å². The third kappa shape index (κ3) is 2.87. The molecule has 0 spiro atoms. The molecule has 3 rings (SSSR count). The number of rotatable bonds is 5. The van der Waals surface area contributed by atoms with Gasteiger partial charge in [-0.3, -0.25) is 0 Å². The first-order valence-corrected chi connectivity index (χ1v) is 7.74. The Balaban J connectivity index is 1.75. The maximum absolute atomic E-state index is 4.15. The van der Waals surface area contributed by atoms with Crippen molar-refractivity contribution >= 4 is 5.69 Å². The van der Waals surface area contributed by atoms with Crippen LogP contribution in [0.3, 0.4) is 0 Å². The van der Waals surface area contributed by atoms with Crippen LogP contribution < -0.4 is 4.90 Å². The Kier molecular flexibility index (Phi) is 3.77. The van der Waals surface area contributed by atoms with Crippen molar-refractivity contribution in [3.8, 4) is 0 Å². The monoisotopic (exact) mass is 265 g/mol. The summed E-state index contributed by atoms with van der Waals surface area (Å²) >= 11 is 0. The summed E-state index contributed by atoms with van der Waals surface area (Å²) in [5.41, 5.74) is 5.28. The molecule has 1 aromatic carbocycles. The largest absolute Gasteiger partial charge is 0.324 e. The van der Waals surface area contributed by atoms with E-state index in [0.29, 0.717) is 0 Å². The Hall–Kier alpha value is -1.76. The second-order valence-electron chi connectivity index (χ2n) is 5.88. The van der Waals surface area contributed by atoms with Crippen molar-refractivity contribution in [1.82, 2.24) is 0 Å². The van der Waals surface area contributed by atoms with E-state index in [1.807, 2.05) is 0 Å². The Bertz CT molecular complexity index is 544. The molecule has 0 amide bonds. The minimum absolute atomic E-state index is 0.749. The lowest BCUT2D eigenvalue weighted by Gasteiger charge is -2.23. The predicted octanol–water partition coefficient (Wildman–Crippen LogP) is 5.21. The first-order chi connectivity index (χ1) is 9.78. The number of unbranched alkanes of at least 4 members (excludes halogenated alkanes) is 1. The van der Waals surface area contributed by atoms with Crippen LogP contribution in [0.1, 0.15) is 38.2 Å². The fourth-order valence-electron chi connectivity index (χ4n) is 2.68. The van der Waals surface area contributed by atoms with Gasteiger partial charge < -0.3 is 4.90 Å². The molecule has 1 aliphatic heterocycles. The molecule has 1 aliphatic carbocycles. The Labute approximate surface area is 122 Å². The molecular formula is C19H23N. The van der Waals surface area contributed by atoms with Crippen molar-refractivity contribution in [3.05, 3.63) is 66.0 Å². The van der Waals surface area contributed by atoms with Gasteiger partial charge in [-0.1, -0.05) is 32.1 Å². The van der Waals surface area contributed by atoms with Gasteiger partial charge in [-0.15, -0.1) is 0 Å². The van der Waals surface area contributed by atoms with E-state index in [4.69, 9.17) is 0 Å². The summed E-state index contributed by atoms with van der Waals surface area (Å²) in [4.78, 5) is 2.23. The van der Waals surface area contributed by atoms with Crippen LogP contribution in [0, 0.1) is 5.92 Å². The minimum Gasteiger partial charge on any atom is -0.324 e. The first kappa shape index (κ1) is 13.2. The van der Waals surface area contributed by atoms with Crippen LogP contribution in [0.5, 0.6) is 0 Å². The van der Waals surface area contributed by atoms with Crippen molar-refractivity contribution in [2.75, 3.05) is 4.90 Å². The minimum atomic E-state index is 0.749. The lowest BCUT2D eigenvalue weighted by molar-refractivity contribution is 0.795. The van der Waals surface area contributed by atoms with Crippen molar-refractivity contribution < 1.29 is 0 Å². The van der Waals surface area contributed by atoms with Gasteiger partial charge in [0.05, 0.1) is 0 Å². The fraction of sp³-hybridized carbons (Fsp3) is 0.368. The van der Waals surface area contributed by atoms with Crippen LogP contribution in [-0.4, -0.2) is 0 Å². The number of benzene rings is 1. The van der Waals surface area contributed by atoms with Crippen LogP contribution in [0.25, 0.3) is 0 Å². The number of anilines is 1. The van der Waals surface area contributed by atoms with E-state index in [2.05, 4.69) is 61.1 Å². The van der Waals surface area contributed by atoms with Crippen molar-refractivity contribution in [2.24, 2.45) is 5.92 Å². The third-order valence-electron chi connectivity index (χ3n) is 4.16.